The Morgan fingerprint density at radius 1 is 1.00 bits per heavy atom. The first-order valence-corrected chi connectivity index (χ1v) is 8.85. The lowest BCUT2D eigenvalue weighted by atomic mass is 10.2. The maximum atomic E-state index is 13.7. The summed E-state index contributed by atoms with van der Waals surface area (Å²) >= 11 is 10.9. The number of thiocarbonyl (C=S) groups is 1. The SMILES string of the molecule is O=[N+]([O-])c1cc(NC(=S)Nc2ccc(F)cc2F)cc(Oc2ccc(Cl)cc2)c1. The highest BCUT2D eigenvalue weighted by atomic mass is 35.5. The van der Waals surface area contributed by atoms with Crippen molar-refractivity contribution in [2.75, 3.05) is 10.6 Å². The topological polar surface area (TPSA) is 76.4 Å². The van der Waals surface area contributed by atoms with Crippen molar-refractivity contribution in [3.8, 4) is 11.5 Å². The number of ether oxygens (including phenoxy) is 1. The number of nitrogens with one attached hydrogen (secondary N) is 2. The number of halogens is 3. The highest BCUT2D eigenvalue weighted by Crippen LogP contribution is 2.30. The second-order valence-corrected chi connectivity index (χ2v) is 6.58. The predicted octanol–water partition coefficient (Wildman–Crippen LogP) is 6.13. The predicted molar refractivity (Wildman–Crippen MR) is 111 cm³/mol. The van der Waals surface area contributed by atoms with E-state index in [1.807, 2.05) is 0 Å². The average molecular weight is 436 g/mol. The molecule has 3 aromatic rings. The highest BCUT2D eigenvalue weighted by molar-refractivity contribution is 7.80. The molecule has 0 amide bonds. The van der Waals surface area contributed by atoms with Crippen LogP contribution in [-0.2, 0) is 0 Å². The van der Waals surface area contributed by atoms with E-state index in [4.69, 9.17) is 28.6 Å². The lowest BCUT2D eigenvalue weighted by Gasteiger charge is -2.13. The summed E-state index contributed by atoms with van der Waals surface area (Å²) in [5, 5.41) is 17.0. The van der Waals surface area contributed by atoms with Gasteiger partial charge in [-0.05, 0) is 48.6 Å². The zero-order chi connectivity index (χ0) is 21.0. The molecule has 0 bridgehead atoms. The fourth-order valence-corrected chi connectivity index (χ4v) is 2.69. The molecule has 0 aromatic heterocycles. The number of nitrogens with zero attached hydrogens (tertiary/aromatic N) is 1. The number of nitro groups is 1. The molecular formula is C19H12ClF2N3O3S. The zero-order valence-corrected chi connectivity index (χ0v) is 16.1. The third-order valence-electron chi connectivity index (χ3n) is 3.59. The van der Waals surface area contributed by atoms with E-state index < -0.39 is 16.6 Å². The van der Waals surface area contributed by atoms with Crippen molar-refractivity contribution >= 4 is 46.0 Å². The van der Waals surface area contributed by atoms with Crippen molar-refractivity contribution in [2.45, 2.75) is 0 Å². The first-order chi connectivity index (χ1) is 13.8. The van der Waals surface area contributed by atoms with E-state index in [0.29, 0.717) is 16.8 Å². The summed E-state index contributed by atoms with van der Waals surface area (Å²) < 4.78 is 32.4. The minimum Gasteiger partial charge on any atom is -0.457 e. The van der Waals surface area contributed by atoms with Crippen LogP contribution in [0.5, 0.6) is 11.5 Å². The Balaban J connectivity index is 1.80. The molecule has 6 nitrogen and oxygen atoms in total. The molecule has 0 spiro atoms. The summed E-state index contributed by atoms with van der Waals surface area (Å²) in [6.07, 6.45) is 0. The van der Waals surface area contributed by atoms with Gasteiger partial charge in [-0.1, -0.05) is 11.6 Å². The van der Waals surface area contributed by atoms with Crippen LogP contribution >= 0.6 is 23.8 Å². The molecule has 0 aliphatic carbocycles. The second-order valence-electron chi connectivity index (χ2n) is 5.73. The monoisotopic (exact) mass is 435 g/mol. The first-order valence-electron chi connectivity index (χ1n) is 8.06. The molecule has 0 atom stereocenters. The van der Waals surface area contributed by atoms with Crippen molar-refractivity contribution in [1.29, 1.82) is 0 Å². The molecule has 0 unspecified atom stereocenters. The quantitative estimate of drug-likeness (QED) is 0.285. The number of non-ortho nitro benzene ring substituents is 1. The van der Waals surface area contributed by atoms with Crippen LogP contribution in [0, 0.1) is 21.7 Å². The molecule has 0 saturated heterocycles. The summed E-state index contributed by atoms with van der Waals surface area (Å²) in [5.41, 5.74) is -0.0510. The third-order valence-corrected chi connectivity index (χ3v) is 4.04. The molecule has 3 aromatic carbocycles. The van der Waals surface area contributed by atoms with Crippen LogP contribution in [0.2, 0.25) is 5.02 Å². The van der Waals surface area contributed by atoms with Gasteiger partial charge >= 0.3 is 0 Å². The second kappa shape index (κ2) is 8.80. The van der Waals surface area contributed by atoms with Crippen LogP contribution < -0.4 is 15.4 Å². The number of rotatable bonds is 5. The largest absolute Gasteiger partial charge is 0.457 e. The normalized spacial score (nSPS) is 10.3. The van der Waals surface area contributed by atoms with E-state index in [0.717, 1.165) is 6.07 Å². The molecule has 0 aliphatic rings. The Bertz CT molecular complexity index is 1080. The number of anilines is 2. The summed E-state index contributed by atoms with van der Waals surface area (Å²) in [6.45, 7) is 0. The van der Waals surface area contributed by atoms with Crippen LogP contribution in [-0.4, -0.2) is 10.0 Å². The number of hydrogen-bond donors (Lipinski definition) is 2. The van der Waals surface area contributed by atoms with Gasteiger partial charge in [0, 0.05) is 23.2 Å². The average Bonchev–Trinajstić information content (AvgIpc) is 2.65. The van der Waals surface area contributed by atoms with E-state index in [-0.39, 0.29) is 27.9 Å². The summed E-state index contributed by atoms with van der Waals surface area (Å²) in [7, 11) is 0. The van der Waals surface area contributed by atoms with Crippen molar-refractivity contribution in [3.63, 3.8) is 0 Å². The summed E-state index contributed by atoms with van der Waals surface area (Å²) in [4.78, 5) is 10.6. The van der Waals surface area contributed by atoms with Gasteiger partial charge in [0.25, 0.3) is 5.69 Å². The van der Waals surface area contributed by atoms with Crippen LogP contribution in [0.15, 0.2) is 60.7 Å². The summed E-state index contributed by atoms with van der Waals surface area (Å²) in [5.74, 6) is -0.954. The van der Waals surface area contributed by atoms with Gasteiger partial charge in [-0.2, -0.15) is 0 Å². The van der Waals surface area contributed by atoms with Gasteiger partial charge < -0.3 is 15.4 Å². The van der Waals surface area contributed by atoms with Crippen molar-refractivity contribution in [1.82, 2.24) is 0 Å². The molecule has 0 fully saturated rings. The van der Waals surface area contributed by atoms with Gasteiger partial charge in [-0.15, -0.1) is 0 Å². The summed E-state index contributed by atoms with van der Waals surface area (Å²) in [6, 6.07) is 13.4. The lowest BCUT2D eigenvalue weighted by Crippen LogP contribution is -2.20. The molecule has 3 rings (SSSR count). The number of nitro benzene ring substituents is 1. The molecule has 2 N–H and O–H groups in total. The molecule has 148 valence electrons. The number of hydrogen-bond acceptors (Lipinski definition) is 4. The molecule has 10 heteroatoms. The van der Waals surface area contributed by atoms with Crippen molar-refractivity contribution < 1.29 is 18.4 Å². The maximum Gasteiger partial charge on any atom is 0.275 e. The highest BCUT2D eigenvalue weighted by Gasteiger charge is 2.13. The Kier molecular flexibility index (Phi) is 6.20. The smallest absolute Gasteiger partial charge is 0.275 e. The van der Waals surface area contributed by atoms with Crippen LogP contribution in [0.4, 0.5) is 25.8 Å². The fourth-order valence-electron chi connectivity index (χ4n) is 2.33. The molecular weight excluding hydrogens is 424 g/mol. The van der Waals surface area contributed by atoms with Crippen LogP contribution in [0.25, 0.3) is 0 Å². The molecule has 0 radical (unpaired) electrons. The van der Waals surface area contributed by atoms with E-state index in [9.17, 15) is 18.9 Å². The van der Waals surface area contributed by atoms with E-state index in [1.165, 1.54) is 24.3 Å². The molecule has 0 aliphatic heterocycles. The van der Waals surface area contributed by atoms with Gasteiger partial charge in [-0.25, -0.2) is 8.78 Å². The van der Waals surface area contributed by atoms with Gasteiger partial charge in [-0.3, -0.25) is 10.1 Å². The van der Waals surface area contributed by atoms with Crippen LogP contribution in [0.3, 0.4) is 0 Å². The minimum absolute atomic E-state index is 0.0477. The molecule has 0 heterocycles. The van der Waals surface area contributed by atoms with Crippen LogP contribution in [0.1, 0.15) is 0 Å². The van der Waals surface area contributed by atoms with E-state index in [1.54, 1.807) is 24.3 Å². The Morgan fingerprint density at radius 2 is 1.72 bits per heavy atom. The zero-order valence-electron chi connectivity index (χ0n) is 14.5. The van der Waals surface area contributed by atoms with Crippen molar-refractivity contribution in [3.05, 3.63) is 87.4 Å². The fraction of sp³-hybridized carbons (Fsp3) is 0. The van der Waals surface area contributed by atoms with Gasteiger partial charge in [0.15, 0.2) is 5.11 Å². The van der Waals surface area contributed by atoms with Gasteiger partial charge in [0.05, 0.1) is 22.4 Å². The first kappa shape index (κ1) is 20.4. The molecule has 0 saturated carbocycles. The van der Waals surface area contributed by atoms with Gasteiger partial charge in [0.1, 0.15) is 23.1 Å². The number of benzene rings is 3. The maximum absolute atomic E-state index is 13.7. The Hall–Kier alpha value is -3.30. The minimum atomic E-state index is -0.833. The van der Waals surface area contributed by atoms with E-state index in [2.05, 4.69) is 10.6 Å². The Labute approximate surface area is 174 Å². The third kappa shape index (κ3) is 5.59. The standard InChI is InChI=1S/C19H12ClF2N3O3S/c20-11-1-4-15(5-2-11)28-16-9-13(8-14(10-16)25(26)27)23-19(29)24-18-6-3-12(21)7-17(18)22/h1-10H,(H2,23,24,29). The van der Waals surface area contributed by atoms with Gasteiger partial charge in [0.2, 0.25) is 0 Å². The van der Waals surface area contributed by atoms with E-state index >= 15 is 0 Å². The van der Waals surface area contributed by atoms with Crippen molar-refractivity contribution in [2.24, 2.45) is 0 Å². The molecule has 29 heavy (non-hydrogen) atoms. The Morgan fingerprint density at radius 3 is 2.38 bits per heavy atom. The lowest BCUT2D eigenvalue weighted by molar-refractivity contribution is -0.384.